The summed E-state index contributed by atoms with van der Waals surface area (Å²) in [6.45, 7) is 0. The Hall–Kier alpha value is -2.14. The molecule has 2 rings (SSSR count). The second-order valence-electron chi connectivity index (χ2n) is 3.43. The SMILES string of the molecule is COc1ccc(Nc2ncc(C=O)cc2Cl)cn1. The molecular weight excluding hydrogens is 254 g/mol. The van der Waals surface area contributed by atoms with Crippen LogP contribution in [0.4, 0.5) is 11.5 Å². The van der Waals surface area contributed by atoms with Crippen molar-refractivity contribution in [2.24, 2.45) is 0 Å². The van der Waals surface area contributed by atoms with Crippen LogP contribution in [0.25, 0.3) is 0 Å². The lowest BCUT2D eigenvalue weighted by Crippen LogP contribution is -1.97. The third kappa shape index (κ3) is 2.75. The maximum Gasteiger partial charge on any atom is 0.213 e. The second kappa shape index (κ2) is 5.46. The molecule has 0 spiro atoms. The minimum Gasteiger partial charge on any atom is -0.481 e. The molecule has 0 aliphatic rings. The van der Waals surface area contributed by atoms with Gasteiger partial charge < -0.3 is 10.1 Å². The number of aromatic nitrogens is 2. The maximum atomic E-state index is 10.6. The molecular formula is C12H10ClN3O2. The van der Waals surface area contributed by atoms with E-state index in [2.05, 4.69) is 15.3 Å². The van der Waals surface area contributed by atoms with Gasteiger partial charge in [-0.15, -0.1) is 0 Å². The Labute approximate surface area is 109 Å². The molecule has 0 saturated carbocycles. The molecule has 0 radical (unpaired) electrons. The fourth-order valence-corrected chi connectivity index (χ4v) is 1.54. The number of nitrogens with zero attached hydrogens (tertiary/aromatic N) is 2. The van der Waals surface area contributed by atoms with Crippen LogP contribution < -0.4 is 10.1 Å². The minimum absolute atomic E-state index is 0.371. The topological polar surface area (TPSA) is 64.1 Å². The Kier molecular flexibility index (Phi) is 3.74. The number of aldehydes is 1. The summed E-state index contributed by atoms with van der Waals surface area (Å²) in [4.78, 5) is 18.7. The molecule has 0 amide bonds. The number of carbonyl (C=O) groups excluding carboxylic acids is 1. The van der Waals surface area contributed by atoms with E-state index in [1.54, 1.807) is 31.5 Å². The van der Waals surface area contributed by atoms with Crippen LogP contribution in [0.15, 0.2) is 30.6 Å². The zero-order valence-corrected chi connectivity index (χ0v) is 10.3. The van der Waals surface area contributed by atoms with Crippen molar-refractivity contribution < 1.29 is 9.53 Å². The molecule has 0 aliphatic carbocycles. The molecule has 2 aromatic rings. The van der Waals surface area contributed by atoms with Gasteiger partial charge in [-0.25, -0.2) is 9.97 Å². The predicted molar refractivity (Wildman–Crippen MR) is 68.7 cm³/mol. The summed E-state index contributed by atoms with van der Waals surface area (Å²) < 4.78 is 4.95. The van der Waals surface area contributed by atoms with Crippen molar-refractivity contribution in [2.75, 3.05) is 12.4 Å². The van der Waals surface area contributed by atoms with E-state index in [1.807, 2.05) is 0 Å². The lowest BCUT2D eigenvalue weighted by atomic mass is 10.3. The largest absolute Gasteiger partial charge is 0.481 e. The van der Waals surface area contributed by atoms with Gasteiger partial charge in [-0.1, -0.05) is 11.6 Å². The van der Waals surface area contributed by atoms with Gasteiger partial charge in [0, 0.05) is 17.8 Å². The fraction of sp³-hybridized carbons (Fsp3) is 0.0833. The summed E-state index contributed by atoms with van der Waals surface area (Å²) in [5.74, 6) is 0.991. The average Bonchev–Trinajstić information content (AvgIpc) is 2.42. The third-order valence-electron chi connectivity index (χ3n) is 2.21. The first-order valence-electron chi connectivity index (χ1n) is 5.10. The first-order valence-corrected chi connectivity index (χ1v) is 5.48. The number of nitrogens with one attached hydrogen (secondary N) is 1. The van der Waals surface area contributed by atoms with Crippen LogP contribution in [0.1, 0.15) is 10.4 Å². The van der Waals surface area contributed by atoms with Crippen LogP contribution >= 0.6 is 11.6 Å². The van der Waals surface area contributed by atoms with E-state index in [9.17, 15) is 4.79 Å². The molecule has 18 heavy (non-hydrogen) atoms. The lowest BCUT2D eigenvalue weighted by molar-refractivity contribution is 0.112. The van der Waals surface area contributed by atoms with Crippen LogP contribution in [-0.2, 0) is 0 Å². The number of anilines is 2. The molecule has 2 heterocycles. The van der Waals surface area contributed by atoms with Gasteiger partial charge in [0.2, 0.25) is 5.88 Å². The summed E-state index contributed by atoms with van der Waals surface area (Å²) >= 11 is 5.99. The second-order valence-corrected chi connectivity index (χ2v) is 3.84. The van der Waals surface area contributed by atoms with E-state index in [-0.39, 0.29) is 0 Å². The van der Waals surface area contributed by atoms with E-state index < -0.39 is 0 Å². The predicted octanol–water partition coefficient (Wildman–Crippen LogP) is 2.69. The molecule has 0 aliphatic heterocycles. The van der Waals surface area contributed by atoms with Crippen LogP contribution in [0.5, 0.6) is 5.88 Å². The highest BCUT2D eigenvalue weighted by Gasteiger charge is 2.04. The van der Waals surface area contributed by atoms with Gasteiger partial charge in [-0.3, -0.25) is 4.79 Å². The number of carbonyl (C=O) groups is 1. The molecule has 0 aromatic carbocycles. The highest BCUT2D eigenvalue weighted by atomic mass is 35.5. The first-order chi connectivity index (χ1) is 8.72. The zero-order chi connectivity index (χ0) is 13.0. The normalized spacial score (nSPS) is 9.89. The zero-order valence-electron chi connectivity index (χ0n) is 9.55. The van der Waals surface area contributed by atoms with E-state index in [0.717, 1.165) is 5.69 Å². The number of hydrogen-bond donors (Lipinski definition) is 1. The Bertz CT molecular complexity index is 558. The Morgan fingerprint density at radius 2 is 2.17 bits per heavy atom. The van der Waals surface area contributed by atoms with Gasteiger partial charge in [-0.05, 0) is 12.1 Å². The van der Waals surface area contributed by atoms with Gasteiger partial charge in [0.05, 0.1) is 24.0 Å². The highest BCUT2D eigenvalue weighted by molar-refractivity contribution is 6.33. The number of methoxy groups -OCH3 is 1. The maximum absolute atomic E-state index is 10.6. The molecule has 0 unspecified atom stereocenters. The number of rotatable bonds is 4. The summed E-state index contributed by atoms with van der Waals surface area (Å²) in [6.07, 6.45) is 3.74. The summed E-state index contributed by atoms with van der Waals surface area (Å²) in [6, 6.07) is 5.05. The lowest BCUT2D eigenvalue weighted by Gasteiger charge is -2.07. The molecule has 0 bridgehead atoms. The Morgan fingerprint density at radius 1 is 1.33 bits per heavy atom. The third-order valence-corrected chi connectivity index (χ3v) is 2.49. The molecule has 6 heteroatoms. The van der Waals surface area contributed by atoms with Gasteiger partial charge in [-0.2, -0.15) is 0 Å². The number of ether oxygens (including phenoxy) is 1. The Balaban J connectivity index is 2.19. The van der Waals surface area contributed by atoms with E-state index in [4.69, 9.17) is 16.3 Å². The molecule has 92 valence electrons. The highest BCUT2D eigenvalue weighted by Crippen LogP contribution is 2.23. The van der Waals surface area contributed by atoms with Gasteiger partial charge in [0.15, 0.2) is 6.29 Å². The minimum atomic E-state index is 0.371. The smallest absolute Gasteiger partial charge is 0.213 e. The molecule has 2 aromatic heterocycles. The summed E-state index contributed by atoms with van der Waals surface area (Å²) in [5, 5.41) is 3.37. The number of pyridine rings is 2. The fourth-order valence-electron chi connectivity index (χ4n) is 1.32. The van der Waals surface area contributed by atoms with Gasteiger partial charge >= 0.3 is 0 Å². The van der Waals surface area contributed by atoms with Crippen molar-refractivity contribution in [2.45, 2.75) is 0 Å². The molecule has 5 nitrogen and oxygen atoms in total. The van der Waals surface area contributed by atoms with Crippen molar-refractivity contribution >= 4 is 29.4 Å². The monoisotopic (exact) mass is 263 g/mol. The van der Waals surface area contributed by atoms with E-state index >= 15 is 0 Å². The van der Waals surface area contributed by atoms with Gasteiger partial charge in [0.25, 0.3) is 0 Å². The molecule has 0 atom stereocenters. The van der Waals surface area contributed by atoms with Crippen molar-refractivity contribution in [3.05, 3.63) is 41.2 Å². The van der Waals surface area contributed by atoms with Crippen molar-refractivity contribution in [3.63, 3.8) is 0 Å². The van der Waals surface area contributed by atoms with E-state index in [0.29, 0.717) is 28.6 Å². The van der Waals surface area contributed by atoms with Crippen molar-refractivity contribution in [1.29, 1.82) is 0 Å². The van der Waals surface area contributed by atoms with Crippen LogP contribution in [-0.4, -0.2) is 23.4 Å². The molecule has 1 N–H and O–H groups in total. The quantitative estimate of drug-likeness (QED) is 0.859. The number of halogens is 1. The van der Waals surface area contributed by atoms with Crippen LogP contribution in [0, 0.1) is 0 Å². The summed E-state index contributed by atoms with van der Waals surface area (Å²) in [5.41, 5.74) is 1.16. The molecule has 0 fully saturated rings. The average molecular weight is 264 g/mol. The van der Waals surface area contributed by atoms with E-state index in [1.165, 1.54) is 6.20 Å². The molecule has 0 saturated heterocycles. The Morgan fingerprint density at radius 3 is 2.72 bits per heavy atom. The van der Waals surface area contributed by atoms with Crippen LogP contribution in [0.2, 0.25) is 5.02 Å². The first kappa shape index (κ1) is 12.3. The number of hydrogen-bond acceptors (Lipinski definition) is 5. The van der Waals surface area contributed by atoms with Gasteiger partial charge in [0.1, 0.15) is 5.82 Å². The van der Waals surface area contributed by atoms with Crippen molar-refractivity contribution in [1.82, 2.24) is 9.97 Å². The van der Waals surface area contributed by atoms with Crippen LogP contribution in [0.3, 0.4) is 0 Å². The summed E-state index contributed by atoms with van der Waals surface area (Å²) in [7, 11) is 1.55. The van der Waals surface area contributed by atoms with Crippen molar-refractivity contribution in [3.8, 4) is 5.88 Å². The standard InChI is InChI=1S/C12H10ClN3O2/c1-18-11-3-2-9(6-14-11)16-12-10(13)4-8(7-17)5-15-12/h2-7H,1H3,(H,15,16).